The number of nitrogens with zero attached hydrogens (tertiary/aromatic N) is 1. The first-order chi connectivity index (χ1) is 8.66. The summed E-state index contributed by atoms with van der Waals surface area (Å²) < 4.78 is 12.8. The maximum absolute atomic E-state index is 12.8. The second kappa shape index (κ2) is 5.23. The van der Waals surface area contributed by atoms with Crippen molar-refractivity contribution < 1.29 is 14.3 Å². The zero-order chi connectivity index (χ0) is 13.0. The van der Waals surface area contributed by atoms with E-state index >= 15 is 0 Å². The lowest BCUT2D eigenvalue weighted by molar-refractivity contribution is 0.104. The van der Waals surface area contributed by atoms with E-state index in [2.05, 4.69) is 4.98 Å². The summed E-state index contributed by atoms with van der Waals surface area (Å²) >= 11 is 0. The molecule has 3 nitrogen and oxygen atoms in total. The first-order valence-corrected chi connectivity index (χ1v) is 5.28. The van der Waals surface area contributed by atoms with E-state index in [0.29, 0.717) is 11.1 Å². The third-order valence-electron chi connectivity index (χ3n) is 2.35. The van der Waals surface area contributed by atoms with E-state index in [1.807, 2.05) is 0 Å². The summed E-state index contributed by atoms with van der Waals surface area (Å²) in [6.07, 6.45) is 5.78. The third-order valence-corrected chi connectivity index (χ3v) is 2.35. The standard InChI is InChI=1S/C14H10FNO2/c15-12-5-3-10(14(18)8-12)4-6-13(17)11-2-1-7-16-9-11/h1-9,18H/b6-4+. The van der Waals surface area contributed by atoms with Gasteiger partial charge in [-0.15, -0.1) is 0 Å². The number of hydrogen-bond acceptors (Lipinski definition) is 3. The minimum Gasteiger partial charge on any atom is -0.507 e. The van der Waals surface area contributed by atoms with Crippen LogP contribution in [0.3, 0.4) is 0 Å². The normalized spacial score (nSPS) is 10.7. The van der Waals surface area contributed by atoms with Gasteiger partial charge in [0, 0.05) is 29.6 Å². The molecule has 2 aromatic rings. The second-order valence-corrected chi connectivity index (χ2v) is 3.64. The van der Waals surface area contributed by atoms with Crippen LogP contribution in [0.25, 0.3) is 6.08 Å². The maximum Gasteiger partial charge on any atom is 0.187 e. The molecule has 4 heteroatoms. The molecule has 0 aliphatic rings. The minimum atomic E-state index is -0.525. The molecule has 18 heavy (non-hydrogen) atoms. The summed E-state index contributed by atoms with van der Waals surface area (Å²) in [6.45, 7) is 0. The maximum atomic E-state index is 12.8. The van der Waals surface area contributed by atoms with Crippen LogP contribution in [-0.2, 0) is 0 Å². The fourth-order valence-corrected chi connectivity index (χ4v) is 1.43. The van der Waals surface area contributed by atoms with Crippen molar-refractivity contribution in [2.24, 2.45) is 0 Å². The smallest absolute Gasteiger partial charge is 0.187 e. The van der Waals surface area contributed by atoms with Crippen molar-refractivity contribution in [2.45, 2.75) is 0 Å². The van der Waals surface area contributed by atoms with Gasteiger partial charge < -0.3 is 5.11 Å². The predicted octanol–water partition coefficient (Wildman–Crippen LogP) is 2.82. The Morgan fingerprint density at radius 2 is 2.17 bits per heavy atom. The number of halogens is 1. The van der Waals surface area contributed by atoms with Crippen LogP contribution in [0.5, 0.6) is 5.75 Å². The number of rotatable bonds is 3. The van der Waals surface area contributed by atoms with Gasteiger partial charge in [0.15, 0.2) is 5.78 Å². The Morgan fingerprint density at radius 1 is 1.33 bits per heavy atom. The first kappa shape index (κ1) is 12.0. The molecule has 0 bridgehead atoms. The number of carbonyl (C=O) groups is 1. The lowest BCUT2D eigenvalue weighted by atomic mass is 10.1. The van der Waals surface area contributed by atoms with E-state index in [-0.39, 0.29) is 11.5 Å². The Kier molecular flexibility index (Phi) is 3.48. The van der Waals surface area contributed by atoms with Crippen molar-refractivity contribution in [3.8, 4) is 5.75 Å². The van der Waals surface area contributed by atoms with Gasteiger partial charge in [-0.1, -0.05) is 0 Å². The van der Waals surface area contributed by atoms with Crippen molar-refractivity contribution in [3.05, 3.63) is 65.7 Å². The van der Waals surface area contributed by atoms with E-state index in [9.17, 15) is 14.3 Å². The molecule has 0 saturated heterocycles. The fraction of sp³-hybridized carbons (Fsp3) is 0. The van der Waals surface area contributed by atoms with Crippen molar-refractivity contribution in [3.63, 3.8) is 0 Å². The van der Waals surface area contributed by atoms with E-state index in [4.69, 9.17) is 0 Å². The lowest BCUT2D eigenvalue weighted by Gasteiger charge is -1.98. The monoisotopic (exact) mass is 243 g/mol. The van der Waals surface area contributed by atoms with Crippen LogP contribution in [0, 0.1) is 5.82 Å². The minimum absolute atomic E-state index is 0.203. The molecule has 0 fully saturated rings. The summed E-state index contributed by atoms with van der Waals surface area (Å²) in [5, 5.41) is 9.46. The van der Waals surface area contributed by atoms with Crippen LogP contribution >= 0.6 is 0 Å². The highest BCUT2D eigenvalue weighted by atomic mass is 19.1. The number of phenolic OH excluding ortho intramolecular Hbond substituents is 1. The van der Waals surface area contributed by atoms with Crippen LogP contribution < -0.4 is 0 Å². The number of aromatic nitrogens is 1. The molecule has 0 saturated carbocycles. The number of pyridine rings is 1. The number of hydrogen-bond donors (Lipinski definition) is 1. The molecule has 0 radical (unpaired) electrons. The SMILES string of the molecule is O=C(/C=C/c1ccc(F)cc1O)c1cccnc1. The van der Waals surface area contributed by atoms with Crippen molar-refractivity contribution in [2.75, 3.05) is 0 Å². The van der Waals surface area contributed by atoms with Gasteiger partial charge in [0.1, 0.15) is 11.6 Å². The highest BCUT2D eigenvalue weighted by molar-refractivity contribution is 6.06. The average Bonchev–Trinajstić information content (AvgIpc) is 2.38. The Labute approximate surface area is 103 Å². The Balaban J connectivity index is 2.19. The molecule has 0 aliphatic carbocycles. The highest BCUT2D eigenvalue weighted by Crippen LogP contribution is 2.19. The molecule has 1 N–H and O–H groups in total. The Morgan fingerprint density at radius 3 is 2.83 bits per heavy atom. The van der Waals surface area contributed by atoms with Gasteiger partial charge in [0.25, 0.3) is 0 Å². The summed E-state index contributed by atoms with van der Waals surface area (Å²) in [5.41, 5.74) is 0.837. The average molecular weight is 243 g/mol. The molecule has 0 unspecified atom stereocenters. The highest BCUT2D eigenvalue weighted by Gasteiger charge is 2.02. The number of ketones is 1. The zero-order valence-electron chi connectivity index (χ0n) is 9.38. The van der Waals surface area contributed by atoms with Gasteiger partial charge in [0.2, 0.25) is 0 Å². The summed E-state index contributed by atoms with van der Waals surface area (Å²) in [7, 11) is 0. The molecule has 0 aliphatic heterocycles. The zero-order valence-corrected chi connectivity index (χ0v) is 9.38. The molecule has 0 spiro atoms. The topological polar surface area (TPSA) is 50.2 Å². The van der Waals surface area contributed by atoms with Crippen molar-refractivity contribution >= 4 is 11.9 Å². The fourth-order valence-electron chi connectivity index (χ4n) is 1.43. The number of benzene rings is 1. The number of carbonyl (C=O) groups excluding carboxylic acids is 1. The summed E-state index contributed by atoms with van der Waals surface area (Å²) in [6, 6.07) is 6.92. The molecule has 90 valence electrons. The number of phenols is 1. The van der Waals surface area contributed by atoms with Gasteiger partial charge in [-0.2, -0.15) is 0 Å². The summed E-state index contributed by atoms with van der Waals surface area (Å²) in [4.78, 5) is 15.5. The van der Waals surface area contributed by atoms with E-state index in [0.717, 1.165) is 6.07 Å². The van der Waals surface area contributed by atoms with Gasteiger partial charge in [-0.3, -0.25) is 9.78 Å². The van der Waals surface area contributed by atoms with E-state index < -0.39 is 5.82 Å². The van der Waals surface area contributed by atoms with Crippen molar-refractivity contribution in [1.29, 1.82) is 0 Å². The van der Waals surface area contributed by atoms with Gasteiger partial charge >= 0.3 is 0 Å². The van der Waals surface area contributed by atoms with Crippen LogP contribution in [0.1, 0.15) is 15.9 Å². The largest absolute Gasteiger partial charge is 0.507 e. The third kappa shape index (κ3) is 2.79. The van der Waals surface area contributed by atoms with Crippen LogP contribution in [-0.4, -0.2) is 15.9 Å². The quantitative estimate of drug-likeness (QED) is 0.666. The molecule has 0 amide bonds. The van der Waals surface area contributed by atoms with E-state index in [1.54, 1.807) is 18.3 Å². The van der Waals surface area contributed by atoms with Gasteiger partial charge in [-0.25, -0.2) is 4.39 Å². The first-order valence-electron chi connectivity index (χ1n) is 5.28. The molecule has 1 aromatic carbocycles. The molecule has 1 aromatic heterocycles. The van der Waals surface area contributed by atoms with Gasteiger partial charge in [0.05, 0.1) is 0 Å². The lowest BCUT2D eigenvalue weighted by Crippen LogP contribution is -1.94. The van der Waals surface area contributed by atoms with Gasteiger partial charge in [-0.05, 0) is 36.4 Å². The van der Waals surface area contributed by atoms with Crippen LogP contribution in [0.15, 0.2) is 48.8 Å². The van der Waals surface area contributed by atoms with Crippen molar-refractivity contribution in [1.82, 2.24) is 4.98 Å². The Bertz CT molecular complexity index is 594. The Hall–Kier alpha value is -2.49. The number of allylic oxidation sites excluding steroid dienone is 1. The molecular weight excluding hydrogens is 233 g/mol. The second-order valence-electron chi connectivity index (χ2n) is 3.64. The van der Waals surface area contributed by atoms with Crippen LogP contribution in [0.2, 0.25) is 0 Å². The van der Waals surface area contributed by atoms with Crippen LogP contribution in [0.4, 0.5) is 4.39 Å². The molecule has 0 atom stereocenters. The summed E-state index contributed by atoms with van der Waals surface area (Å²) in [5.74, 6) is -0.958. The molecular formula is C14H10FNO2. The predicted molar refractivity (Wildman–Crippen MR) is 65.7 cm³/mol. The molecule has 1 heterocycles. The van der Waals surface area contributed by atoms with E-state index in [1.165, 1.54) is 30.5 Å². The molecule has 2 rings (SSSR count). The number of aromatic hydroxyl groups is 1.